The van der Waals surface area contributed by atoms with E-state index in [0.29, 0.717) is 59.8 Å². The SMILES string of the molecule is COc1ccc(N=Nc2cc(OC)c(OC)c(OC)c2)cc1OC(=O)N1CCCCC1CNC(=O)[C@@H](N)CC(C)C. The monoisotopic (exact) mass is 571 g/mol. The standard InChI is InChI=1S/C29H41N5O7/c1-18(2)13-22(30)28(35)31-17-21-9-7-8-12-34(21)29(36)41-24-14-19(10-11-23(24)37-3)32-33-20-15-25(38-4)27(40-6)26(16-20)39-5/h10-11,14-16,18,21-22H,7-9,12-13,17,30H2,1-6H3,(H,31,35)/t21?,22-/m0/s1. The van der Waals surface area contributed by atoms with Crippen LogP contribution in [0.4, 0.5) is 16.2 Å². The van der Waals surface area contributed by atoms with Crippen LogP contribution in [0, 0.1) is 5.92 Å². The van der Waals surface area contributed by atoms with Crippen LogP contribution in [0.15, 0.2) is 40.6 Å². The normalized spacial score (nSPS) is 15.9. The molecule has 0 aliphatic carbocycles. The highest BCUT2D eigenvalue weighted by Gasteiger charge is 2.30. The zero-order valence-electron chi connectivity index (χ0n) is 24.6. The van der Waals surface area contributed by atoms with Crippen LogP contribution in [0.3, 0.4) is 0 Å². The van der Waals surface area contributed by atoms with Crippen molar-refractivity contribution in [3.63, 3.8) is 0 Å². The first-order valence-electron chi connectivity index (χ1n) is 13.6. The number of nitrogens with one attached hydrogen (secondary N) is 1. The fourth-order valence-corrected chi connectivity index (χ4v) is 4.62. The Morgan fingerprint density at radius 1 is 0.927 bits per heavy atom. The van der Waals surface area contributed by atoms with Crippen molar-refractivity contribution in [1.82, 2.24) is 10.2 Å². The number of ether oxygens (including phenoxy) is 5. The molecule has 1 unspecified atom stereocenters. The second-order valence-electron chi connectivity index (χ2n) is 10.1. The predicted molar refractivity (Wildman–Crippen MR) is 154 cm³/mol. The molecule has 2 atom stereocenters. The van der Waals surface area contributed by atoms with Gasteiger partial charge in [-0.05, 0) is 43.7 Å². The lowest BCUT2D eigenvalue weighted by Gasteiger charge is -2.35. The number of hydrogen-bond acceptors (Lipinski definition) is 10. The van der Waals surface area contributed by atoms with Crippen LogP contribution >= 0.6 is 0 Å². The molecule has 0 radical (unpaired) electrons. The molecule has 2 amide bonds. The zero-order valence-corrected chi connectivity index (χ0v) is 24.6. The molecule has 3 rings (SSSR count). The van der Waals surface area contributed by atoms with Gasteiger partial charge in [-0.15, -0.1) is 0 Å². The number of amides is 2. The van der Waals surface area contributed by atoms with E-state index < -0.39 is 12.1 Å². The van der Waals surface area contributed by atoms with Crippen LogP contribution in [-0.2, 0) is 4.79 Å². The Kier molecular flexibility index (Phi) is 11.6. The van der Waals surface area contributed by atoms with E-state index in [2.05, 4.69) is 15.5 Å². The molecule has 2 aromatic carbocycles. The number of benzene rings is 2. The van der Waals surface area contributed by atoms with Gasteiger partial charge in [-0.25, -0.2) is 4.79 Å². The van der Waals surface area contributed by atoms with Crippen molar-refractivity contribution < 1.29 is 33.3 Å². The average Bonchev–Trinajstić information content (AvgIpc) is 2.97. The van der Waals surface area contributed by atoms with E-state index >= 15 is 0 Å². The smallest absolute Gasteiger partial charge is 0.415 e. The molecule has 1 heterocycles. The van der Waals surface area contributed by atoms with Crippen molar-refractivity contribution >= 4 is 23.4 Å². The van der Waals surface area contributed by atoms with E-state index in [-0.39, 0.29) is 17.7 Å². The average molecular weight is 572 g/mol. The molecule has 0 bridgehead atoms. The quantitative estimate of drug-likeness (QED) is 0.339. The lowest BCUT2D eigenvalue weighted by Crippen LogP contribution is -2.52. The molecular weight excluding hydrogens is 530 g/mol. The number of carbonyl (C=O) groups is 2. The minimum atomic E-state index is -0.583. The van der Waals surface area contributed by atoms with Gasteiger partial charge in [-0.2, -0.15) is 10.2 Å². The van der Waals surface area contributed by atoms with Gasteiger partial charge in [0.1, 0.15) is 0 Å². The van der Waals surface area contributed by atoms with E-state index in [1.54, 1.807) is 35.2 Å². The van der Waals surface area contributed by atoms with Gasteiger partial charge in [-0.1, -0.05) is 13.8 Å². The minimum absolute atomic E-state index is 0.200. The molecule has 3 N–H and O–H groups in total. The zero-order chi connectivity index (χ0) is 29.9. The van der Waals surface area contributed by atoms with Gasteiger partial charge in [0.2, 0.25) is 11.7 Å². The third-order valence-corrected chi connectivity index (χ3v) is 6.71. The van der Waals surface area contributed by atoms with Crippen molar-refractivity contribution in [2.24, 2.45) is 21.9 Å². The molecule has 0 saturated carbocycles. The fourth-order valence-electron chi connectivity index (χ4n) is 4.62. The number of hydrogen-bond donors (Lipinski definition) is 2. The molecule has 41 heavy (non-hydrogen) atoms. The lowest BCUT2D eigenvalue weighted by atomic mass is 10.0. The fraction of sp³-hybridized carbons (Fsp3) is 0.517. The number of rotatable bonds is 12. The van der Waals surface area contributed by atoms with E-state index in [0.717, 1.165) is 19.3 Å². The highest BCUT2D eigenvalue weighted by atomic mass is 16.6. The summed E-state index contributed by atoms with van der Waals surface area (Å²) in [6.45, 7) is 4.86. The van der Waals surface area contributed by atoms with Gasteiger partial charge in [0.05, 0.1) is 51.9 Å². The van der Waals surface area contributed by atoms with Crippen molar-refractivity contribution in [3.8, 4) is 28.7 Å². The summed E-state index contributed by atoms with van der Waals surface area (Å²) in [4.78, 5) is 27.4. The molecule has 1 saturated heterocycles. The third kappa shape index (κ3) is 8.46. The first kappa shape index (κ1) is 31.5. The number of carbonyl (C=O) groups excluding carboxylic acids is 2. The molecule has 2 aromatic rings. The van der Waals surface area contributed by atoms with Gasteiger partial charge in [0, 0.05) is 31.3 Å². The summed E-state index contributed by atoms with van der Waals surface area (Å²) in [5.41, 5.74) is 6.92. The van der Waals surface area contributed by atoms with Gasteiger partial charge in [-0.3, -0.25) is 4.79 Å². The first-order valence-corrected chi connectivity index (χ1v) is 13.6. The van der Waals surface area contributed by atoms with Crippen molar-refractivity contribution in [3.05, 3.63) is 30.3 Å². The number of nitrogens with zero attached hydrogens (tertiary/aromatic N) is 3. The van der Waals surface area contributed by atoms with Crippen molar-refractivity contribution in [2.75, 3.05) is 41.5 Å². The van der Waals surface area contributed by atoms with Gasteiger partial charge in [0.25, 0.3) is 0 Å². The van der Waals surface area contributed by atoms with Crippen LogP contribution in [0.25, 0.3) is 0 Å². The van der Waals surface area contributed by atoms with Crippen LogP contribution in [-0.4, -0.2) is 70.5 Å². The van der Waals surface area contributed by atoms with E-state index in [4.69, 9.17) is 29.4 Å². The van der Waals surface area contributed by atoms with Crippen LogP contribution in [0.5, 0.6) is 28.7 Å². The molecule has 1 aliphatic rings. The maximum Gasteiger partial charge on any atom is 0.415 e. The third-order valence-electron chi connectivity index (χ3n) is 6.71. The predicted octanol–water partition coefficient (Wildman–Crippen LogP) is 4.98. The summed E-state index contributed by atoms with van der Waals surface area (Å²) in [6, 6.07) is 7.46. The van der Waals surface area contributed by atoms with Crippen LogP contribution < -0.4 is 34.7 Å². The van der Waals surface area contributed by atoms with Crippen LogP contribution in [0.2, 0.25) is 0 Å². The number of piperidine rings is 1. The minimum Gasteiger partial charge on any atom is -0.493 e. The van der Waals surface area contributed by atoms with Gasteiger partial charge < -0.3 is 39.6 Å². The summed E-state index contributed by atoms with van der Waals surface area (Å²) in [7, 11) is 6.05. The summed E-state index contributed by atoms with van der Waals surface area (Å²) >= 11 is 0. The topological polar surface area (TPSA) is 146 Å². The van der Waals surface area contributed by atoms with Gasteiger partial charge >= 0.3 is 6.09 Å². The lowest BCUT2D eigenvalue weighted by molar-refractivity contribution is -0.123. The Morgan fingerprint density at radius 2 is 1.56 bits per heavy atom. The first-order chi connectivity index (χ1) is 19.7. The number of nitrogens with two attached hydrogens (primary N) is 1. The Balaban J connectivity index is 1.74. The van der Waals surface area contributed by atoms with E-state index in [9.17, 15) is 9.59 Å². The second-order valence-corrected chi connectivity index (χ2v) is 10.1. The summed E-state index contributed by atoms with van der Waals surface area (Å²) in [6.07, 6.45) is 2.59. The number of azo groups is 1. The van der Waals surface area contributed by atoms with Gasteiger partial charge in [0.15, 0.2) is 23.0 Å². The van der Waals surface area contributed by atoms with E-state index in [1.165, 1.54) is 28.4 Å². The number of likely N-dealkylation sites (tertiary alicyclic amines) is 1. The molecule has 1 fully saturated rings. The molecule has 1 aliphatic heterocycles. The molecule has 0 spiro atoms. The molecule has 12 nitrogen and oxygen atoms in total. The maximum absolute atomic E-state index is 13.3. The van der Waals surface area contributed by atoms with Crippen LogP contribution in [0.1, 0.15) is 39.5 Å². The Hall–Kier alpha value is -4.06. The Labute approximate surface area is 241 Å². The molecule has 12 heteroatoms. The van der Waals surface area contributed by atoms with E-state index in [1.807, 2.05) is 13.8 Å². The van der Waals surface area contributed by atoms with Crippen molar-refractivity contribution in [1.29, 1.82) is 0 Å². The molecule has 224 valence electrons. The number of methoxy groups -OCH3 is 4. The van der Waals surface area contributed by atoms with Crippen molar-refractivity contribution in [2.45, 2.75) is 51.6 Å². The second kappa shape index (κ2) is 15.1. The Bertz CT molecular complexity index is 1200. The molecular formula is C29H41N5O7. The Morgan fingerprint density at radius 3 is 2.17 bits per heavy atom. The highest BCUT2D eigenvalue weighted by molar-refractivity contribution is 5.81. The maximum atomic E-state index is 13.3. The highest BCUT2D eigenvalue weighted by Crippen LogP contribution is 2.41. The summed E-state index contributed by atoms with van der Waals surface area (Å²) in [5.74, 6) is 1.99. The molecule has 0 aromatic heterocycles. The largest absolute Gasteiger partial charge is 0.493 e. The summed E-state index contributed by atoms with van der Waals surface area (Å²) < 4.78 is 27.3. The summed E-state index contributed by atoms with van der Waals surface area (Å²) in [5, 5.41) is 11.5.